The summed E-state index contributed by atoms with van der Waals surface area (Å²) in [5.41, 5.74) is 4.97. The van der Waals surface area contributed by atoms with E-state index in [1.54, 1.807) is 0 Å². The van der Waals surface area contributed by atoms with Crippen LogP contribution in [0.5, 0.6) is 0 Å². The minimum absolute atomic E-state index is 0.923. The van der Waals surface area contributed by atoms with Crippen LogP contribution in [-0.4, -0.2) is 17.0 Å². The highest BCUT2D eigenvalue weighted by molar-refractivity contribution is 6.09. The van der Waals surface area contributed by atoms with Crippen molar-refractivity contribution in [2.45, 2.75) is 0 Å². The number of hydrogen-bond acceptors (Lipinski definition) is 2. The van der Waals surface area contributed by atoms with Crippen molar-refractivity contribution in [3.05, 3.63) is 127 Å². The Labute approximate surface area is 181 Å². The summed E-state index contributed by atoms with van der Waals surface area (Å²) in [6.07, 6.45) is 3.90. The van der Waals surface area contributed by atoms with Gasteiger partial charge in [-0.05, 0) is 36.4 Å². The molecule has 0 saturated carbocycles. The molecule has 5 rings (SSSR count). The zero-order valence-corrected chi connectivity index (χ0v) is 17.0. The number of aliphatic imine (C=N–C) groups is 2. The third-order valence-corrected chi connectivity index (χ3v) is 5.16. The van der Waals surface area contributed by atoms with Gasteiger partial charge in [0.25, 0.3) is 0 Å². The van der Waals surface area contributed by atoms with Gasteiger partial charge in [-0.2, -0.15) is 0 Å². The minimum Gasteiger partial charge on any atom is -0.306 e. The average Bonchev–Trinajstić information content (AvgIpc) is 3.16. The molecule has 0 aliphatic rings. The molecule has 31 heavy (non-hydrogen) atoms. The highest BCUT2D eigenvalue weighted by Gasteiger charge is 2.15. The van der Waals surface area contributed by atoms with E-state index >= 15 is 0 Å². The number of nitrogens with zero attached hydrogens (tertiary/aromatic N) is 3. The first-order valence-corrected chi connectivity index (χ1v) is 10.3. The third kappa shape index (κ3) is 3.94. The number of hydrogen-bond donors (Lipinski definition) is 0. The number of aromatic nitrogens is 1. The van der Waals surface area contributed by atoms with Gasteiger partial charge in [0.05, 0.1) is 35.2 Å². The average molecular weight is 399 g/mol. The first-order chi connectivity index (χ1) is 15.4. The molecule has 0 unspecified atom stereocenters. The Morgan fingerprint density at radius 2 is 0.839 bits per heavy atom. The summed E-state index contributed by atoms with van der Waals surface area (Å²) in [6.45, 7) is 0. The van der Waals surface area contributed by atoms with Gasteiger partial charge in [0.2, 0.25) is 0 Å². The van der Waals surface area contributed by atoms with Crippen molar-refractivity contribution in [3.8, 4) is 5.69 Å². The molecule has 0 aliphatic carbocycles. The molecule has 148 valence electrons. The second kappa shape index (κ2) is 8.64. The SMILES string of the molecule is C(=Nc1ccccc1)c1c2ccccc2c(C=Nc2ccccc2)n1-c1ccccc1. The van der Waals surface area contributed by atoms with Crippen LogP contribution >= 0.6 is 0 Å². The summed E-state index contributed by atoms with van der Waals surface area (Å²) in [5, 5.41) is 2.28. The molecule has 0 N–H and O–H groups in total. The zero-order valence-electron chi connectivity index (χ0n) is 17.0. The summed E-state index contributed by atoms with van der Waals surface area (Å²) in [7, 11) is 0. The molecule has 4 aromatic carbocycles. The van der Waals surface area contributed by atoms with Crippen molar-refractivity contribution in [1.29, 1.82) is 0 Å². The highest BCUT2D eigenvalue weighted by Crippen LogP contribution is 2.29. The molecule has 0 amide bonds. The van der Waals surface area contributed by atoms with E-state index in [0.29, 0.717) is 0 Å². The van der Waals surface area contributed by atoms with Crippen LogP contribution < -0.4 is 0 Å². The van der Waals surface area contributed by atoms with Gasteiger partial charge in [-0.15, -0.1) is 0 Å². The van der Waals surface area contributed by atoms with Crippen LogP contribution in [0.1, 0.15) is 11.4 Å². The Hall–Kier alpha value is -4.24. The van der Waals surface area contributed by atoms with Crippen LogP contribution in [0, 0.1) is 0 Å². The Morgan fingerprint density at radius 3 is 1.29 bits per heavy atom. The number of benzene rings is 4. The Kier molecular flexibility index (Phi) is 5.23. The molecule has 3 heteroatoms. The van der Waals surface area contributed by atoms with E-state index in [-0.39, 0.29) is 0 Å². The fourth-order valence-electron chi connectivity index (χ4n) is 3.71. The molecule has 0 saturated heterocycles. The van der Waals surface area contributed by atoms with E-state index in [9.17, 15) is 0 Å². The Morgan fingerprint density at radius 1 is 0.452 bits per heavy atom. The number of para-hydroxylation sites is 3. The van der Waals surface area contributed by atoms with Crippen molar-refractivity contribution in [2.75, 3.05) is 0 Å². The molecule has 0 atom stereocenters. The Balaban J connectivity index is 1.73. The van der Waals surface area contributed by atoms with Gasteiger partial charge in [-0.3, -0.25) is 9.98 Å². The van der Waals surface area contributed by atoms with Gasteiger partial charge in [0, 0.05) is 16.5 Å². The first kappa shape index (κ1) is 18.8. The zero-order chi connectivity index (χ0) is 20.9. The van der Waals surface area contributed by atoms with E-state index in [0.717, 1.165) is 39.2 Å². The molecule has 0 bridgehead atoms. The van der Waals surface area contributed by atoms with Gasteiger partial charge in [0.1, 0.15) is 0 Å². The van der Waals surface area contributed by atoms with Crippen LogP contribution in [0.2, 0.25) is 0 Å². The predicted molar refractivity (Wildman–Crippen MR) is 131 cm³/mol. The lowest BCUT2D eigenvalue weighted by Crippen LogP contribution is -2.03. The van der Waals surface area contributed by atoms with Gasteiger partial charge < -0.3 is 4.57 Å². The van der Waals surface area contributed by atoms with Gasteiger partial charge in [-0.25, -0.2) is 0 Å². The standard InChI is InChI=1S/C28H21N3/c1-4-12-22(13-5-1)29-20-27-25-18-10-11-19-26(25)28(21-30-23-14-6-2-7-15-23)31(27)24-16-8-3-9-17-24/h1-21H. The lowest BCUT2D eigenvalue weighted by Gasteiger charge is -2.09. The van der Waals surface area contributed by atoms with Crippen LogP contribution in [0.25, 0.3) is 16.5 Å². The van der Waals surface area contributed by atoms with Gasteiger partial charge >= 0.3 is 0 Å². The molecule has 3 nitrogen and oxygen atoms in total. The van der Waals surface area contributed by atoms with Crippen molar-refractivity contribution in [2.24, 2.45) is 9.98 Å². The van der Waals surface area contributed by atoms with E-state index in [1.165, 1.54) is 0 Å². The maximum atomic E-state index is 4.75. The monoisotopic (exact) mass is 399 g/mol. The lowest BCUT2D eigenvalue weighted by molar-refractivity contribution is 1.06. The molecular weight excluding hydrogens is 378 g/mol. The van der Waals surface area contributed by atoms with E-state index in [4.69, 9.17) is 9.98 Å². The maximum absolute atomic E-state index is 4.75. The second-order valence-electron chi connectivity index (χ2n) is 7.17. The van der Waals surface area contributed by atoms with Crippen LogP contribution in [0.4, 0.5) is 11.4 Å². The summed E-state index contributed by atoms with van der Waals surface area (Å²) in [6, 6.07) is 38.8. The van der Waals surface area contributed by atoms with Gasteiger partial charge in [0.15, 0.2) is 0 Å². The molecule has 0 fully saturated rings. The summed E-state index contributed by atoms with van der Waals surface area (Å²) in [4.78, 5) is 9.51. The minimum atomic E-state index is 0.923. The molecule has 0 spiro atoms. The van der Waals surface area contributed by atoms with Crippen LogP contribution in [-0.2, 0) is 0 Å². The fraction of sp³-hybridized carbons (Fsp3) is 0. The van der Waals surface area contributed by atoms with Crippen molar-refractivity contribution in [1.82, 2.24) is 4.57 Å². The number of fused-ring (bicyclic) bond motifs is 1. The van der Waals surface area contributed by atoms with E-state index in [2.05, 4.69) is 53.1 Å². The van der Waals surface area contributed by atoms with Crippen molar-refractivity contribution >= 4 is 34.6 Å². The third-order valence-electron chi connectivity index (χ3n) is 5.16. The molecular formula is C28H21N3. The maximum Gasteiger partial charge on any atom is 0.0724 e. The summed E-state index contributed by atoms with van der Waals surface area (Å²) in [5.74, 6) is 0. The first-order valence-electron chi connectivity index (χ1n) is 10.3. The van der Waals surface area contributed by atoms with Gasteiger partial charge in [-0.1, -0.05) is 78.9 Å². The molecule has 1 heterocycles. The highest BCUT2D eigenvalue weighted by atomic mass is 15.0. The van der Waals surface area contributed by atoms with E-state index in [1.807, 2.05) is 79.2 Å². The predicted octanol–water partition coefficient (Wildman–Crippen LogP) is 7.13. The smallest absolute Gasteiger partial charge is 0.0724 e. The quantitative estimate of drug-likeness (QED) is 0.281. The Bertz CT molecular complexity index is 1260. The van der Waals surface area contributed by atoms with Crippen LogP contribution in [0.15, 0.2) is 125 Å². The summed E-state index contributed by atoms with van der Waals surface area (Å²) >= 11 is 0. The van der Waals surface area contributed by atoms with Crippen LogP contribution in [0.3, 0.4) is 0 Å². The lowest BCUT2D eigenvalue weighted by atomic mass is 10.1. The molecule has 0 radical (unpaired) electrons. The topological polar surface area (TPSA) is 29.6 Å². The second-order valence-corrected chi connectivity index (χ2v) is 7.17. The molecule has 0 aliphatic heterocycles. The van der Waals surface area contributed by atoms with Crippen molar-refractivity contribution in [3.63, 3.8) is 0 Å². The van der Waals surface area contributed by atoms with E-state index < -0.39 is 0 Å². The summed E-state index contributed by atoms with van der Waals surface area (Å²) < 4.78 is 2.23. The van der Waals surface area contributed by atoms with Crippen molar-refractivity contribution < 1.29 is 0 Å². The number of rotatable bonds is 5. The molecule has 1 aromatic heterocycles. The molecule has 5 aromatic rings. The fourth-order valence-corrected chi connectivity index (χ4v) is 3.71. The largest absolute Gasteiger partial charge is 0.306 e. The normalized spacial score (nSPS) is 11.6.